The molecule has 1 saturated heterocycles. The summed E-state index contributed by atoms with van der Waals surface area (Å²) in [6, 6.07) is 4.02. The zero-order chi connectivity index (χ0) is 19.8. The molecule has 0 bridgehead atoms. The summed E-state index contributed by atoms with van der Waals surface area (Å²) in [7, 11) is 0. The van der Waals surface area contributed by atoms with Crippen LogP contribution in [0.3, 0.4) is 0 Å². The van der Waals surface area contributed by atoms with Gasteiger partial charge in [-0.2, -0.15) is 0 Å². The molecule has 5 heterocycles. The fourth-order valence-electron chi connectivity index (χ4n) is 3.11. The summed E-state index contributed by atoms with van der Waals surface area (Å²) in [6.07, 6.45) is 0. The van der Waals surface area contributed by atoms with Gasteiger partial charge in [0.15, 0.2) is 4.34 Å². The number of thiophene rings is 2. The molecule has 0 aromatic carbocycles. The van der Waals surface area contributed by atoms with E-state index >= 15 is 0 Å². The first kappa shape index (κ1) is 19.2. The van der Waals surface area contributed by atoms with Crippen molar-refractivity contribution in [1.82, 2.24) is 20.2 Å². The third-order valence-corrected chi connectivity index (χ3v) is 8.54. The van der Waals surface area contributed by atoms with Crippen molar-refractivity contribution in [1.29, 1.82) is 0 Å². The van der Waals surface area contributed by atoms with Gasteiger partial charge in [-0.15, -0.1) is 32.9 Å². The number of rotatable bonds is 5. The maximum Gasteiger partial charge on any atom is 0.260 e. The molecule has 1 N–H and O–H groups in total. The minimum absolute atomic E-state index is 0.0372. The zero-order valence-electron chi connectivity index (χ0n) is 15.5. The van der Waals surface area contributed by atoms with Crippen molar-refractivity contribution in [3.05, 3.63) is 39.1 Å². The van der Waals surface area contributed by atoms with E-state index in [2.05, 4.69) is 20.1 Å². The average Bonchev–Trinajstić information content (AvgIpc) is 3.49. The molecule has 29 heavy (non-hydrogen) atoms. The van der Waals surface area contributed by atoms with Gasteiger partial charge in [0.05, 0.1) is 23.8 Å². The first-order valence-electron chi connectivity index (χ1n) is 9.07. The van der Waals surface area contributed by atoms with Crippen LogP contribution in [0.2, 0.25) is 0 Å². The van der Waals surface area contributed by atoms with Crippen molar-refractivity contribution >= 4 is 61.1 Å². The largest absolute Gasteiger partial charge is 0.378 e. The summed E-state index contributed by atoms with van der Waals surface area (Å²) in [4.78, 5) is 24.6. The minimum atomic E-state index is -0.0895. The van der Waals surface area contributed by atoms with Crippen LogP contribution in [0.4, 0.5) is 5.13 Å². The van der Waals surface area contributed by atoms with Crippen molar-refractivity contribution in [3.63, 3.8) is 0 Å². The fourth-order valence-corrected chi connectivity index (χ4v) is 6.97. The summed E-state index contributed by atoms with van der Waals surface area (Å²) >= 11 is 6.27. The van der Waals surface area contributed by atoms with E-state index in [1.165, 1.54) is 11.3 Å². The Bertz CT molecular complexity index is 1180. The molecule has 5 rings (SSSR count). The van der Waals surface area contributed by atoms with Crippen LogP contribution in [0.1, 0.15) is 18.0 Å². The monoisotopic (exact) mass is 463 g/mol. The van der Waals surface area contributed by atoms with Crippen molar-refractivity contribution in [2.75, 3.05) is 31.2 Å². The van der Waals surface area contributed by atoms with Gasteiger partial charge < -0.3 is 14.6 Å². The number of fused-ring (bicyclic) bond motifs is 1. The molecular formula is C18H17N5O2S4. The molecule has 4 aromatic rings. The van der Waals surface area contributed by atoms with Crippen molar-refractivity contribution in [3.8, 4) is 10.4 Å². The average molecular weight is 464 g/mol. The third-order valence-electron chi connectivity index (χ3n) is 4.59. The number of hydrogen-bond donors (Lipinski definition) is 1. The second kappa shape index (κ2) is 8.15. The predicted octanol–water partition coefficient (Wildman–Crippen LogP) is 4.25. The highest BCUT2D eigenvalue weighted by molar-refractivity contribution is 8.01. The maximum absolute atomic E-state index is 12.8. The smallest absolute Gasteiger partial charge is 0.260 e. The van der Waals surface area contributed by atoms with Crippen LogP contribution in [0, 0.1) is 0 Å². The lowest BCUT2D eigenvalue weighted by Gasteiger charge is -2.25. The fraction of sp³-hybridized carbons (Fsp3) is 0.333. The molecule has 0 amide bonds. The Morgan fingerprint density at radius 2 is 2.14 bits per heavy atom. The molecule has 1 unspecified atom stereocenters. The number of nitrogens with one attached hydrogen (secondary N) is 1. The summed E-state index contributed by atoms with van der Waals surface area (Å²) in [5.74, 6) is 0.662. The predicted molar refractivity (Wildman–Crippen MR) is 121 cm³/mol. The SMILES string of the molecule is CC(Sc1nnc(N2CCOCC2)s1)c1nc2scc(-c3cccs3)c2c(=O)[nH]1. The molecule has 4 aromatic heterocycles. The second-order valence-electron chi connectivity index (χ2n) is 6.47. The van der Waals surface area contributed by atoms with E-state index < -0.39 is 0 Å². The minimum Gasteiger partial charge on any atom is -0.378 e. The Morgan fingerprint density at radius 3 is 2.93 bits per heavy atom. The van der Waals surface area contributed by atoms with E-state index in [4.69, 9.17) is 9.72 Å². The zero-order valence-corrected chi connectivity index (χ0v) is 18.7. The van der Waals surface area contributed by atoms with Gasteiger partial charge >= 0.3 is 0 Å². The molecular weight excluding hydrogens is 446 g/mol. The van der Waals surface area contributed by atoms with Gasteiger partial charge in [-0.25, -0.2) is 4.98 Å². The van der Waals surface area contributed by atoms with Gasteiger partial charge in [-0.05, 0) is 18.4 Å². The van der Waals surface area contributed by atoms with Crippen LogP contribution in [0.15, 0.2) is 32.0 Å². The van der Waals surface area contributed by atoms with E-state index in [1.807, 2.05) is 29.8 Å². The third kappa shape index (κ3) is 3.84. The van der Waals surface area contributed by atoms with E-state index in [-0.39, 0.29) is 10.8 Å². The quantitative estimate of drug-likeness (QED) is 0.443. The summed E-state index contributed by atoms with van der Waals surface area (Å²) < 4.78 is 6.26. The number of thioether (sulfide) groups is 1. The molecule has 0 radical (unpaired) electrons. The lowest BCUT2D eigenvalue weighted by atomic mass is 10.2. The van der Waals surface area contributed by atoms with E-state index in [0.717, 1.165) is 51.0 Å². The molecule has 0 aliphatic carbocycles. The topological polar surface area (TPSA) is 84.0 Å². The normalized spacial score (nSPS) is 15.8. The number of aromatic amines is 1. The van der Waals surface area contributed by atoms with Crippen LogP contribution >= 0.6 is 45.8 Å². The molecule has 1 aliphatic rings. The Balaban J connectivity index is 1.38. The number of ether oxygens (including phenoxy) is 1. The van der Waals surface area contributed by atoms with Crippen LogP contribution < -0.4 is 10.5 Å². The number of morpholine rings is 1. The van der Waals surface area contributed by atoms with E-state index in [9.17, 15) is 4.79 Å². The lowest BCUT2D eigenvalue weighted by molar-refractivity contribution is 0.122. The van der Waals surface area contributed by atoms with Crippen LogP contribution in [-0.2, 0) is 4.74 Å². The summed E-state index contributed by atoms with van der Waals surface area (Å²) in [6.45, 7) is 5.14. The molecule has 11 heteroatoms. The van der Waals surface area contributed by atoms with Gasteiger partial charge in [0.25, 0.3) is 5.56 Å². The van der Waals surface area contributed by atoms with Crippen molar-refractivity contribution < 1.29 is 4.74 Å². The molecule has 1 fully saturated rings. The molecule has 1 aliphatic heterocycles. The molecule has 150 valence electrons. The summed E-state index contributed by atoms with van der Waals surface area (Å²) in [5, 5.41) is 14.2. The molecule has 7 nitrogen and oxygen atoms in total. The summed E-state index contributed by atoms with van der Waals surface area (Å²) in [5.41, 5.74) is 0.869. The number of nitrogens with zero attached hydrogens (tertiary/aromatic N) is 4. The van der Waals surface area contributed by atoms with E-state index in [0.29, 0.717) is 11.2 Å². The van der Waals surface area contributed by atoms with Crippen LogP contribution in [-0.4, -0.2) is 46.5 Å². The van der Waals surface area contributed by atoms with Crippen LogP contribution in [0.25, 0.3) is 20.7 Å². The Labute approximate surface area is 182 Å². The number of H-pyrrole nitrogens is 1. The first-order valence-corrected chi connectivity index (χ1v) is 12.5. The first-order chi connectivity index (χ1) is 14.2. The number of anilines is 1. The maximum atomic E-state index is 12.8. The highest BCUT2D eigenvalue weighted by Crippen LogP contribution is 2.38. The number of aromatic nitrogens is 4. The van der Waals surface area contributed by atoms with Gasteiger partial charge in [-0.3, -0.25) is 4.79 Å². The van der Waals surface area contributed by atoms with Gasteiger partial charge in [0.1, 0.15) is 10.7 Å². The van der Waals surface area contributed by atoms with Gasteiger partial charge in [0, 0.05) is 28.9 Å². The number of hydrogen-bond acceptors (Lipinski definition) is 10. The van der Waals surface area contributed by atoms with E-state index in [1.54, 1.807) is 34.4 Å². The van der Waals surface area contributed by atoms with Crippen molar-refractivity contribution in [2.45, 2.75) is 16.5 Å². The Kier molecular flexibility index (Phi) is 5.39. The Morgan fingerprint density at radius 1 is 1.28 bits per heavy atom. The second-order valence-corrected chi connectivity index (χ2v) is 10.8. The highest BCUT2D eigenvalue weighted by Gasteiger charge is 2.20. The molecule has 0 spiro atoms. The van der Waals surface area contributed by atoms with Gasteiger partial charge in [-0.1, -0.05) is 29.2 Å². The standard InChI is InChI=1S/C18H17N5O2S4/c1-10(28-18-22-21-17(29-18)23-4-6-25-7-5-23)14-19-15(24)13-11(9-27-16(13)20-14)12-3-2-8-26-12/h2-3,8-10H,4-7H2,1H3,(H,19,20,24). The van der Waals surface area contributed by atoms with Crippen LogP contribution in [0.5, 0.6) is 0 Å². The lowest BCUT2D eigenvalue weighted by Crippen LogP contribution is -2.36. The molecule has 1 atom stereocenters. The van der Waals surface area contributed by atoms with Gasteiger partial charge in [0.2, 0.25) is 5.13 Å². The Hall–Kier alpha value is -1.79. The molecule has 0 saturated carbocycles. The van der Waals surface area contributed by atoms with Crippen molar-refractivity contribution in [2.24, 2.45) is 0 Å². The highest BCUT2D eigenvalue weighted by atomic mass is 32.2.